The highest BCUT2D eigenvalue weighted by Gasteiger charge is 2.48. The molecule has 0 bridgehead atoms. The lowest BCUT2D eigenvalue weighted by Gasteiger charge is -2.18. The summed E-state index contributed by atoms with van der Waals surface area (Å²) in [5.41, 5.74) is -5.60. The van der Waals surface area contributed by atoms with E-state index in [0.717, 1.165) is 12.1 Å². The maximum absolute atomic E-state index is 13.2. The van der Waals surface area contributed by atoms with Gasteiger partial charge in [-0.1, -0.05) is 6.07 Å². The number of halogens is 4. The first-order chi connectivity index (χ1) is 9.63. The molecule has 0 spiro atoms. The first-order valence-electron chi connectivity index (χ1n) is 5.89. The van der Waals surface area contributed by atoms with Crippen LogP contribution in [-0.2, 0) is 21.0 Å². The second-order valence-corrected chi connectivity index (χ2v) is 6.26. The van der Waals surface area contributed by atoms with Crippen molar-refractivity contribution in [2.45, 2.75) is 22.9 Å². The molecule has 1 unspecified atom stereocenters. The Morgan fingerprint density at radius 2 is 1.95 bits per heavy atom. The predicted octanol–water partition coefficient (Wildman–Crippen LogP) is 1.90. The van der Waals surface area contributed by atoms with Crippen LogP contribution in [0.2, 0.25) is 0 Å². The summed E-state index contributed by atoms with van der Waals surface area (Å²) in [6, 6.07) is 1.94. The maximum atomic E-state index is 13.2. The highest BCUT2D eigenvalue weighted by molar-refractivity contribution is 7.92. The predicted molar refractivity (Wildman–Crippen MR) is 68.1 cm³/mol. The summed E-state index contributed by atoms with van der Waals surface area (Å²) in [5, 5.41) is 2.79. The fourth-order valence-corrected chi connectivity index (χ4v) is 2.80. The normalized spacial score (nSPS) is 14.2. The molecule has 9 heteroatoms. The molecule has 120 valence electrons. The standard InChI is InChI=1S/C12H15F4NO3S/c1-17-10(7-20-2)5-8-3-4-9(13)6-11(8)21(18,19)12(14,15)16/h3-4,6,10,17H,5,7H2,1-2H3. The molecule has 21 heavy (non-hydrogen) atoms. The molecule has 0 fully saturated rings. The van der Waals surface area contributed by atoms with Crippen molar-refractivity contribution in [1.29, 1.82) is 0 Å². The monoisotopic (exact) mass is 329 g/mol. The molecule has 0 saturated carbocycles. The third-order valence-electron chi connectivity index (χ3n) is 2.87. The number of methoxy groups -OCH3 is 1. The summed E-state index contributed by atoms with van der Waals surface area (Å²) >= 11 is 0. The van der Waals surface area contributed by atoms with Crippen molar-refractivity contribution >= 4 is 9.84 Å². The lowest BCUT2D eigenvalue weighted by Crippen LogP contribution is -2.33. The first-order valence-corrected chi connectivity index (χ1v) is 7.37. The van der Waals surface area contributed by atoms with Crippen molar-refractivity contribution in [3.63, 3.8) is 0 Å². The number of alkyl halides is 3. The van der Waals surface area contributed by atoms with Crippen molar-refractivity contribution in [1.82, 2.24) is 5.32 Å². The van der Waals surface area contributed by atoms with Crippen LogP contribution in [0, 0.1) is 5.82 Å². The van der Waals surface area contributed by atoms with Crippen molar-refractivity contribution in [3.05, 3.63) is 29.6 Å². The number of likely N-dealkylation sites (N-methyl/N-ethyl adjacent to an activating group) is 1. The van der Waals surface area contributed by atoms with Gasteiger partial charge < -0.3 is 10.1 Å². The number of ether oxygens (including phenoxy) is 1. The molecule has 0 aliphatic rings. The molecule has 1 aromatic carbocycles. The van der Waals surface area contributed by atoms with Gasteiger partial charge in [0.2, 0.25) is 0 Å². The minimum absolute atomic E-state index is 0.0464. The van der Waals surface area contributed by atoms with E-state index in [1.165, 1.54) is 7.11 Å². The molecule has 0 aromatic heterocycles. The molecule has 0 heterocycles. The van der Waals surface area contributed by atoms with Gasteiger partial charge in [-0.15, -0.1) is 0 Å². The van der Waals surface area contributed by atoms with Crippen LogP contribution in [0.25, 0.3) is 0 Å². The zero-order valence-corrected chi connectivity index (χ0v) is 12.2. The summed E-state index contributed by atoms with van der Waals surface area (Å²) in [6.45, 7) is 0.166. The van der Waals surface area contributed by atoms with Crippen LogP contribution in [0.4, 0.5) is 17.6 Å². The highest BCUT2D eigenvalue weighted by Crippen LogP contribution is 2.33. The van der Waals surface area contributed by atoms with Gasteiger partial charge in [-0.3, -0.25) is 0 Å². The van der Waals surface area contributed by atoms with Crippen LogP contribution in [0.3, 0.4) is 0 Å². The van der Waals surface area contributed by atoms with E-state index in [4.69, 9.17) is 4.74 Å². The smallest absolute Gasteiger partial charge is 0.383 e. The summed E-state index contributed by atoms with van der Waals surface area (Å²) < 4.78 is 79.0. The second kappa shape index (κ2) is 6.71. The second-order valence-electron chi connectivity index (χ2n) is 4.35. The van der Waals surface area contributed by atoms with Crippen LogP contribution in [-0.4, -0.2) is 40.7 Å². The van der Waals surface area contributed by atoms with Gasteiger partial charge in [-0.05, 0) is 31.2 Å². The van der Waals surface area contributed by atoms with E-state index < -0.39 is 32.1 Å². The Kier molecular flexibility index (Phi) is 5.71. The molecule has 1 rings (SSSR count). The Labute approximate surface area is 120 Å². The fraction of sp³-hybridized carbons (Fsp3) is 0.500. The van der Waals surface area contributed by atoms with E-state index in [-0.39, 0.29) is 18.6 Å². The third-order valence-corrected chi connectivity index (χ3v) is 4.43. The van der Waals surface area contributed by atoms with Gasteiger partial charge in [0.05, 0.1) is 11.5 Å². The molecule has 1 aromatic rings. The van der Waals surface area contributed by atoms with E-state index in [0.29, 0.717) is 6.07 Å². The van der Waals surface area contributed by atoms with Gasteiger partial charge in [-0.2, -0.15) is 13.2 Å². The number of rotatable bonds is 6. The van der Waals surface area contributed by atoms with Gasteiger partial charge in [0.25, 0.3) is 9.84 Å². The molecule has 1 atom stereocenters. The number of nitrogens with one attached hydrogen (secondary N) is 1. The summed E-state index contributed by atoms with van der Waals surface area (Å²) in [6.07, 6.45) is -0.0464. The average Bonchev–Trinajstić information content (AvgIpc) is 2.38. The average molecular weight is 329 g/mol. The van der Waals surface area contributed by atoms with E-state index in [1.54, 1.807) is 7.05 Å². The quantitative estimate of drug-likeness (QED) is 0.810. The van der Waals surface area contributed by atoms with Crippen molar-refractivity contribution < 1.29 is 30.7 Å². The Morgan fingerprint density at radius 1 is 1.33 bits per heavy atom. The molecule has 4 nitrogen and oxygen atoms in total. The first kappa shape index (κ1) is 17.9. The van der Waals surface area contributed by atoms with E-state index in [9.17, 15) is 26.0 Å². The lowest BCUT2D eigenvalue weighted by molar-refractivity contribution is -0.0436. The molecule has 0 amide bonds. The van der Waals surface area contributed by atoms with Crippen LogP contribution < -0.4 is 5.32 Å². The molecule has 1 N–H and O–H groups in total. The molecule has 0 radical (unpaired) electrons. The summed E-state index contributed by atoms with van der Waals surface area (Å²) in [7, 11) is -2.64. The third kappa shape index (κ3) is 4.14. The number of hydrogen-bond donors (Lipinski definition) is 1. The van der Waals surface area contributed by atoms with Crippen LogP contribution >= 0.6 is 0 Å². The van der Waals surface area contributed by atoms with Crippen LogP contribution in [0.1, 0.15) is 5.56 Å². The maximum Gasteiger partial charge on any atom is 0.501 e. The van der Waals surface area contributed by atoms with Crippen LogP contribution in [0.5, 0.6) is 0 Å². The molecular formula is C12H15F4NO3S. The molecule has 0 aliphatic heterocycles. The lowest BCUT2D eigenvalue weighted by atomic mass is 10.1. The SMILES string of the molecule is CNC(COC)Cc1ccc(F)cc1S(=O)(=O)C(F)(F)F. The highest BCUT2D eigenvalue weighted by atomic mass is 32.2. The fourth-order valence-electron chi connectivity index (χ4n) is 1.78. The Balaban J connectivity index is 3.30. The van der Waals surface area contributed by atoms with Gasteiger partial charge in [-0.25, -0.2) is 12.8 Å². The molecule has 0 aliphatic carbocycles. The minimum Gasteiger partial charge on any atom is -0.383 e. The topological polar surface area (TPSA) is 55.4 Å². The van der Waals surface area contributed by atoms with Gasteiger partial charge >= 0.3 is 5.51 Å². The molecular weight excluding hydrogens is 314 g/mol. The van der Waals surface area contributed by atoms with Crippen molar-refractivity contribution in [2.75, 3.05) is 20.8 Å². The van der Waals surface area contributed by atoms with E-state index in [1.807, 2.05) is 0 Å². The minimum atomic E-state index is -5.61. The molecule has 0 saturated heterocycles. The summed E-state index contributed by atoms with van der Waals surface area (Å²) in [4.78, 5) is -1.06. The van der Waals surface area contributed by atoms with Gasteiger partial charge in [0.15, 0.2) is 0 Å². The number of benzene rings is 1. The van der Waals surface area contributed by atoms with E-state index >= 15 is 0 Å². The van der Waals surface area contributed by atoms with Crippen LogP contribution in [0.15, 0.2) is 23.1 Å². The Bertz CT molecular complexity index is 587. The number of sulfone groups is 1. The zero-order chi connectivity index (χ0) is 16.3. The van der Waals surface area contributed by atoms with Crippen molar-refractivity contribution in [3.8, 4) is 0 Å². The number of hydrogen-bond acceptors (Lipinski definition) is 4. The van der Waals surface area contributed by atoms with Gasteiger partial charge in [0, 0.05) is 13.2 Å². The summed E-state index contributed by atoms with van der Waals surface area (Å²) in [5.74, 6) is -1.05. The largest absolute Gasteiger partial charge is 0.501 e. The Hall–Kier alpha value is -1.19. The zero-order valence-electron chi connectivity index (χ0n) is 11.4. The van der Waals surface area contributed by atoms with Crippen molar-refractivity contribution in [2.24, 2.45) is 0 Å². The van der Waals surface area contributed by atoms with E-state index in [2.05, 4.69) is 5.32 Å². The van der Waals surface area contributed by atoms with Gasteiger partial charge in [0.1, 0.15) is 5.82 Å². The Morgan fingerprint density at radius 3 is 2.43 bits per heavy atom.